The van der Waals surface area contributed by atoms with Crippen molar-refractivity contribution in [3.63, 3.8) is 0 Å². The molecule has 0 saturated heterocycles. The summed E-state index contributed by atoms with van der Waals surface area (Å²) >= 11 is 0. The molecule has 0 heterocycles. The molecule has 0 radical (unpaired) electrons. The molecule has 0 aromatic carbocycles. The van der Waals surface area contributed by atoms with Gasteiger partial charge in [-0.3, -0.25) is 9.59 Å². The van der Waals surface area contributed by atoms with Gasteiger partial charge in [-0.15, -0.1) is 0 Å². The van der Waals surface area contributed by atoms with Crippen LogP contribution in [0.2, 0.25) is 0 Å². The minimum atomic E-state index is -0.128. The van der Waals surface area contributed by atoms with E-state index in [2.05, 4.69) is 26.8 Å². The summed E-state index contributed by atoms with van der Waals surface area (Å²) in [6.45, 7) is 11.9. The van der Waals surface area contributed by atoms with Gasteiger partial charge in [-0.2, -0.15) is 0 Å². The number of hydrogen-bond acceptors (Lipinski definition) is 3. The lowest BCUT2D eigenvalue weighted by molar-refractivity contribution is -0.152. The maximum atomic E-state index is 12.2. The number of allylic oxidation sites excluding steroid dienone is 2. The van der Waals surface area contributed by atoms with Gasteiger partial charge in [0, 0.05) is 26.9 Å². The summed E-state index contributed by atoms with van der Waals surface area (Å²) < 4.78 is 5.62. The van der Waals surface area contributed by atoms with Crippen LogP contribution >= 0.6 is 0 Å². The van der Waals surface area contributed by atoms with Crippen molar-refractivity contribution in [1.29, 1.82) is 0 Å². The van der Waals surface area contributed by atoms with E-state index in [1.165, 1.54) is 32.1 Å². The quantitative estimate of drug-likeness (QED) is 0.387. The van der Waals surface area contributed by atoms with Crippen molar-refractivity contribution in [3.05, 3.63) is 11.6 Å². The summed E-state index contributed by atoms with van der Waals surface area (Å²) in [5.41, 5.74) is 2.51. The Morgan fingerprint density at radius 3 is 2.50 bits per heavy atom. The number of esters is 1. The van der Waals surface area contributed by atoms with E-state index < -0.39 is 0 Å². The minimum Gasteiger partial charge on any atom is -0.463 e. The van der Waals surface area contributed by atoms with E-state index in [4.69, 9.17) is 4.74 Å². The van der Waals surface area contributed by atoms with Gasteiger partial charge in [0.05, 0.1) is 0 Å². The Morgan fingerprint density at radius 1 is 1.12 bits per heavy atom. The minimum absolute atomic E-state index is 0.119. The summed E-state index contributed by atoms with van der Waals surface area (Å²) in [7, 11) is 1.98. The summed E-state index contributed by atoms with van der Waals surface area (Å²) in [5.74, 6) is 3.44. The molecule has 0 spiro atoms. The molecule has 0 aromatic heterocycles. The molecule has 1 amide bonds. The number of amides is 1. The standard InChI is InChI=1S/C28H45NO3/c1-7-26(31)29(6)17-18(2)23-10-11-24-22-9-8-20-16-21(32-19(3)30)12-14-27(20,4)25(22)13-15-28(23,24)5/h9,18,20-21,23-25H,7-8,10-17H2,1-6H3/t18-,20+,21+,23-,24+,25+,27+,28-/m1/s1. The SMILES string of the molecule is CCC(=O)N(C)C[C@@H](C)[C@H]1CC[C@H]2C3=CC[C@H]4C[C@@H](OC(C)=O)CC[C@]4(C)[C@H]3CC[C@]12C. The van der Waals surface area contributed by atoms with Gasteiger partial charge < -0.3 is 9.64 Å². The van der Waals surface area contributed by atoms with Crippen LogP contribution in [0.5, 0.6) is 0 Å². The van der Waals surface area contributed by atoms with E-state index >= 15 is 0 Å². The summed E-state index contributed by atoms with van der Waals surface area (Å²) in [6, 6.07) is 0. The van der Waals surface area contributed by atoms with Crippen molar-refractivity contribution in [1.82, 2.24) is 4.90 Å². The molecule has 4 nitrogen and oxygen atoms in total. The first-order valence-electron chi connectivity index (χ1n) is 13.2. The zero-order valence-corrected chi connectivity index (χ0v) is 21.3. The molecule has 0 unspecified atom stereocenters. The Kier molecular flexibility index (Phi) is 6.55. The second-order valence-corrected chi connectivity index (χ2v) is 12.1. The number of hydrogen-bond donors (Lipinski definition) is 0. The smallest absolute Gasteiger partial charge is 0.302 e. The van der Waals surface area contributed by atoms with Gasteiger partial charge in [-0.25, -0.2) is 0 Å². The third-order valence-electron chi connectivity index (χ3n) is 10.4. The van der Waals surface area contributed by atoms with Gasteiger partial charge in [0.2, 0.25) is 5.91 Å². The van der Waals surface area contributed by atoms with Gasteiger partial charge in [0.15, 0.2) is 0 Å². The van der Waals surface area contributed by atoms with E-state index in [1.807, 2.05) is 18.9 Å². The van der Waals surface area contributed by atoms with Crippen molar-refractivity contribution >= 4 is 11.9 Å². The predicted octanol–water partition coefficient (Wildman–Crippen LogP) is 6.00. The first-order valence-corrected chi connectivity index (χ1v) is 13.2. The Balaban J connectivity index is 1.50. The fourth-order valence-electron chi connectivity index (χ4n) is 8.72. The van der Waals surface area contributed by atoms with E-state index in [1.54, 1.807) is 12.5 Å². The predicted molar refractivity (Wildman–Crippen MR) is 128 cm³/mol. The number of carbonyl (C=O) groups is 2. The molecular formula is C28H45NO3. The molecule has 32 heavy (non-hydrogen) atoms. The average molecular weight is 444 g/mol. The zero-order chi connectivity index (χ0) is 23.3. The zero-order valence-electron chi connectivity index (χ0n) is 21.3. The molecule has 4 aliphatic rings. The van der Waals surface area contributed by atoms with Crippen LogP contribution in [0.4, 0.5) is 0 Å². The molecule has 0 N–H and O–H groups in total. The number of fused-ring (bicyclic) bond motifs is 5. The lowest BCUT2D eigenvalue weighted by Gasteiger charge is -2.58. The maximum Gasteiger partial charge on any atom is 0.302 e. The summed E-state index contributed by atoms with van der Waals surface area (Å²) in [4.78, 5) is 25.6. The molecular weight excluding hydrogens is 398 g/mol. The highest BCUT2D eigenvalue weighted by Gasteiger charge is 2.58. The van der Waals surface area contributed by atoms with Crippen molar-refractivity contribution in [2.24, 2.45) is 40.4 Å². The molecule has 4 aliphatic carbocycles. The number of carbonyl (C=O) groups excluding carboxylic acids is 2. The van der Waals surface area contributed by atoms with Crippen LogP contribution in [0.1, 0.15) is 92.4 Å². The first-order chi connectivity index (χ1) is 15.1. The van der Waals surface area contributed by atoms with Crippen LogP contribution in [0, 0.1) is 40.4 Å². The second-order valence-electron chi connectivity index (χ2n) is 12.1. The fourth-order valence-corrected chi connectivity index (χ4v) is 8.72. The lowest BCUT2D eigenvalue weighted by atomic mass is 9.47. The largest absolute Gasteiger partial charge is 0.463 e. The highest BCUT2D eigenvalue weighted by atomic mass is 16.5. The van der Waals surface area contributed by atoms with E-state index in [-0.39, 0.29) is 18.0 Å². The Hall–Kier alpha value is -1.32. The Morgan fingerprint density at radius 2 is 1.81 bits per heavy atom. The Bertz CT molecular complexity index is 775. The number of nitrogens with zero attached hydrogens (tertiary/aromatic N) is 1. The third-order valence-corrected chi connectivity index (χ3v) is 10.4. The van der Waals surface area contributed by atoms with E-state index in [9.17, 15) is 9.59 Å². The average Bonchev–Trinajstić information content (AvgIpc) is 3.10. The molecule has 3 saturated carbocycles. The Labute approximate surface area is 195 Å². The lowest BCUT2D eigenvalue weighted by Crippen LogP contribution is -2.50. The van der Waals surface area contributed by atoms with Crippen LogP contribution in [-0.4, -0.2) is 36.5 Å². The second kappa shape index (κ2) is 8.80. The van der Waals surface area contributed by atoms with Crippen molar-refractivity contribution in [3.8, 4) is 0 Å². The van der Waals surface area contributed by atoms with E-state index in [0.717, 1.165) is 25.8 Å². The summed E-state index contributed by atoms with van der Waals surface area (Å²) in [5, 5.41) is 0. The van der Waals surface area contributed by atoms with Crippen LogP contribution in [0.15, 0.2) is 11.6 Å². The van der Waals surface area contributed by atoms with Crippen LogP contribution < -0.4 is 0 Å². The fraction of sp³-hybridized carbons (Fsp3) is 0.857. The van der Waals surface area contributed by atoms with Crippen molar-refractivity contribution in [2.45, 2.75) is 98.5 Å². The van der Waals surface area contributed by atoms with Gasteiger partial charge in [-0.05, 0) is 91.8 Å². The van der Waals surface area contributed by atoms with Crippen LogP contribution in [-0.2, 0) is 14.3 Å². The van der Waals surface area contributed by atoms with E-state index in [0.29, 0.717) is 46.8 Å². The van der Waals surface area contributed by atoms with Gasteiger partial charge >= 0.3 is 5.97 Å². The number of ether oxygens (including phenoxy) is 1. The molecule has 4 rings (SSSR count). The normalized spacial score (nSPS) is 41.6. The maximum absolute atomic E-state index is 12.2. The highest BCUT2D eigenvalue weighted by molar-refractivity contribution is 5.75. The molecule has 0 aliphatic heterocycles. The molecule has 3 fully saturated rings. The van der Waals surface area contributed by atoms with Crippen LogP contribution in [0.3, 0.4) is 0 Å². The van der Waals surface area contributed by atoms with Gasteiger partial charge in [-0.1, -0.05) is 39.3 Å². The molecule has 4 heteroatoms. The van der Waals surface area contributed by atoms with Gasteiger partial charge in [0.25, 0.3) is 0 Å². The highest BCUT2D eigenvalue weighted by Crippen LogP contribution is 2.66. The van der Waals surface area contributed by atoms with Crippen molar-refractivity contribution < 1.29 is 14.3 Å². The topological polar surface area (TPSA) is 46.6 Å². The molecule has 8 atom stereocenters. The molecule has 0 aromatic rings. The number of rotatable bonds is 5. The van der Waals surface area contributed by atoms with Gasteiger partial charge in [0.1, 0.15) is 6.10 Å². The molecule has 0 bridgehead atoms. The summed E-state index contributed by atoms with van der Waals surface area (Å²) in [6.07, 6.45) is 13.0. The monoisotopic (exact) mass is 443 g/mol. The molecule has 180 valence electrons. The van der Waals surface area contributed by atoms with Crippen molar-refractivity contribution in [2.75, 3.05) is 13.6 Å². The third kappa shape index (κ3) is 3.94. The van der Waals surface area contributed by atoms with Crippen LogP contribution in [0.25, 0.3) is 0 Å². The first kappa shape index (κ1) is 23.8.